The lowest BCUT2D eigenvalue weighted by Crippen LogP contribution is -2.29. The van der Waals surface area contributed by atoms with Crippen molar-refractivity contribution in [1.82, 2.24) is 0 Å². The van der Waals surface area contributed by atoms with Gasteiger partial charge in [-0.05, 0) is 38.5 Å². The predicted octanol–water partition coefficient (Wildman–Crippen LogP) is 10.7. The molecule has 0 aromatic rings. The zero-order chi connectivity index (χ0) is 35.4. The summed E-state index contributed by atoms with van der Waals surface area (Å²) in [6.45, 7) is 3.71. The Morgan fingerprint density at radius 2 is 1.02 bits per heavy atom. The quantitative estimate of drug-likeness (QED) is 0.0280. The maximum absolute atomic E-state index is 12.5. The van der Waals surface area contributed by atoms with Crippen LogP contribution in [0.5, 0.6) is 0 Å². The van der Waals surface area contributed by atoms with E-state index in [1.807, 2.05) is 0 Å². The number of phosphoric ester groups is 1. The van der Waals surface area contributed by atoms with E-state index in [9.17, 15) is 19.0 Å². The number of rotatable bonds is 37. The molecule has 10 heteroatoms. The molecular formula is C38H74NO8P. The molecule has 0 saturated heterocycles. The van der Waals surface area contributed by atoms with Crippen molar-refractivity contribution in [3.8, 4) is 0 Å². The fourth-order valence-electron chi connectivity index (χ4n) is 5.45. The molecule has 0 aromatic heterocycles. The highest BCUT2D eigenvalue weighted by molar-refractivity contribution is 7.47. The topological polar surface area (TPSA) is 134 Å². The molecular weight excluding hydrogens is 629 g/mol. The van der Waals surface area contributed by atoms with Crippen molar-refractivity contribution in [3.63, 3.8) is 0 Å². The van der Waals surface area contributed by atoms with Gasteiger partial charge in [0.05, 0.1) is 13.2 Å². The third kappa shape index (κ3) is 34.6. The van der Waals surface area contributed by atoms with Crippen LogP contribution in [0.1, 0.15) is 187 Å². The molecule has 0 saturated carbocycles. The van der Waals surface area contributed by atoms with Gasteiger partial charge in [-0.1, -0.05) is 148 Å². The molecule has 284 valence electrons. The molecule has 0 rings (SSSR count). The molecule has 0 fully saturated rings. The van der Waals surface area contributed by atoms with E-state index < -0.39 is 26.5 Å². The van der Waals surface area contributed by atoms with Crippen LogP contribution in [0, 0.1) is 0 Å². The molecule has 1 unspecified atom stereocenters. The molecule has 0 aliphatic rings. The molecule has 0 heterocycles. The lowest BCUT2D eigenvalue weighted by atomic mass is 10.1. The first-order valence-electron chi connectivity index (χ1n) is 19.7. The first-order valence-corrected chi connectivity index (χ1v) is 21.2. The van der Waals surface area contributed by atoms with Crippen molar-refractivity contribution in [3.05, 3.63) is 12.2 Å². The molecule has 0 aliphatic heterocycles. The van der Waals surface area contributed by atoms with Gasteiger partial charge < -0.3 is 20.1 Å². The molecule has 0 aromatic carbocycles. The minimum Gasteiger partial charge on any atom is -0.462 e. The molecule has 9 nitrogen and oxygen atoms in total. The molecule has 0 spiro atoms. The van der Waals surface area contributed by atoms with Crippen molar-refractivity contribution in [2.45, 2.75) is 193 Å². The molecule has 0 amide bonds. The molecule has 0 aliphatic carbocycles. The lowest BCUT2D eigenvalue weighted by Gasteiger charge is -2.19. The Kier molecular flexibility index (Phi) is 34.6. The van der Waals surface area contributed by atoms with Gasteiger partial charge >= 0.3 is 19.8 Å². The Morgan fingerprint density at radius 3 is 1.48 bits per heavy atom. The number of unbranched alkanes of at least 4 members (excludes halogenated alkanes) is 22. The number of allylic oxidation sites excluding steroid dienone is 2. The summed E-state index contributed by atoms with van der Waals surface area (Å²) in [6, 6.07) is 0. The van der Waals surface area contributed by atoms with E-state index in [0.29, 0.717) is 6.42 Å². The van der Waals surface area contributed by atoms with Crippen molar-refractivity contribution in [2.75, 3.05) is 26.4 Å². The normalized spacial score (nSPS) is 13.5. The Hall–Kier alpha value is -1.25. The molecule has 0 radical (unpaired) electrons. The largest absolute Gasteiger partial charge is 0.472 e. The second-order valence-electron chi connectivity index (χ2n) is 13.2. The van der Waals surface area contributed by atoms with Crippen LogP contribution >= 0.6 is 7.82 Å². The fourth-order valence-corrected chi connectivity index (χ4v) is 6.22. The molecule has 3 N–H and O–H groups in total. The summed E-state index contributed by atoms with van der Waals surface area (Å²) in [5.41, 5.74) is 5.33. The van der Waals surface area contributed by atoms with Crippen LogP contribution in [0.4, 0.5) is 0 Å². The lowest BCUT2D eigenvalue weighted by molar-refractivity contribution is -0.161. The summed E-state index contributed by atoms with van der Waals surface area (Å²) in [5, 5.41) is 0. The van der Waals surface area contributed by atoms with E-state index >= 15 is 0 Å². The number of hydrogen-bond donors (Lipinski definition) is 2. The Bertz CT molecular complexity index is 810. The van der Waals surface area contributed by atoms with Gasteiger partial charge in [-0.3, -0.25) is 18.6 Å². The number of carbonyl (C=O) groups is 2. The predicted molar refractivity (Wildman–Crippen MR) is 197 cm³/mol. The number of carbonyl (C=O) groups excluding carboxylic acids is 2. The van der Waals surface area contributed by atoms with E-state index in [2.05, 4.69) is 26.0 Å². The van der Waals surface area contributed by atoms with E-state index in [1.54, 1.807) is 0 Å². The van der Waals surface area contributed by atoms with Gasteiger partial charge in [0.25, 0.3) is 0 Å². The highest BCUT2D eigenvalue weighted by Gasteiger charge is 2.25. The Morgan fingerprint density at radius 1 is 0.604 bits per heavy atom. The van der Waals surface area contributed by atoms with Crippen LogP contribution in [-0.4, -0.2) is 49.3 Å². The second kappa shape index (κ2) is 35.6. The summed E-state index contributed by atoms with van der Waals surface area (Å²) in [7, 11) is -4.36. The van der Waals surface area contributed by atoms with Crippen LogP contribution in [0.3, 0.4) is 0 Å². The number of phosphoric acid groups is 1. The van der Waals surface area contributed by atoms with E-state index in [1.165, 1.54) is 122 Å². The monoisotopic (exact) mass is 704 g/mol. The van der Waals surface area contributed by atoms with Gasteiger partial charge in [0.15, 0.2) is 6.10 Å². The van der Waals surface area contributed by atoms with Crippen LogP contribution in [-0.2, 0) is 32.7 Å². The van der Waals surface area contributed by atoms with Gasteiger partial charge in [0.1, 0.15) is 6.61 Å². The van der Waals surface area contributed by atoms with Crippen molar-refractivity contribution < 1.29 is 37.6 Å². The summed E-state index contributed by atoms with van der Waals surface area (Å²) in [6.07, 6.45) is 33.8. The smallest absolute Gasteiger partial charge is 0.462 e. The van der Waals surface area contributed by atoms with Crippen LogP contribution in [0.15, 0.2) is 12.2 Å². The Labute approximate surface area is 294 Å². The van der Waals surface area contributed by atoms with Crippen molar-refractivity contribution >= 4 is 19.8 Å². The number of ether oxygens (including phenoxy) is 2. The summed E-state index contributed by atoms with van der Waals surface area (Å²) in [4.78, 5) is 34.7. The first-order chi connectivity index (χ1) is 23.3. The highest BCUT2D eigenvalue weighted by atomic mass is 31.2. The third-order valence-corrected chi connectivity index (χ3v) is 9.39. The van der Waals surface area contributed by atoms with Gasteiger partial charge in [0.2, 0.25) is 0 Å². The first kappa shape index (κ1) is 46.8. The van der Waals surface area contributed by atoms with Gasteiger partial charge in [0, 0.05) is 19.4 Å². The summed E-state index contributed by atoms with van der Waals surface area (Å²) < 4.78 is 32.6. The zero-order valence-electron chi connectivity index (χ0n) is 31.0. The number of esters is 2. The standard InChI is InChI=1S/C38H74NO8P/c1-3-5-7-9-11-13-15-16-17-18-19-20-21-23-24-26-28-30-37(40)44-34-36(35-46-48(42,43)45-33-32-39)47-38(41)31-29-27-25-22-14-12-10-8-6-4-2/h16-17,36H,3-15,18-35,39H2,1-2H3,(H,42,43)/b17-16+/t36-/m0/s1. The molecule has 0 bridgehead atoms. The number of hydrogen-bond acceptors (Lipinski definition) is 8. The van der Waals surface area contributed by atoms with E-state index in [4.69, 9.17) is 24.3 Å². The van der Waals surface area contributed by atoms with Crippen LogP contribution < -0.4 is 5.73 Å². The average molecular weight is 704 g/mol. The highest BCUT2D eigenvalue weighted by Crippen LogP contribution is 2.43. The maximum atomic E-state index is 12.5. The second-order valence-corrected chi connectivity index (χ2v) is 14.6. The fraction of sp³-hybridized carbons (Fsp3) is 0.895. The molecule has 2 atom stereocenters. The van der Waals surface area contributed by atoms with Crippen LogP contribution in [0.25, 0.3) is 0 Å². The minimum atomic E-state index is -4.36. The van der Waals surface area contributed by atoms with Crippen molar-refractivity contribution in [1.29, 1.82) is 0 Å². The zero-order valence-corrected chi connectivity index (χ0v) is 31.9. The minimum absolute atomic E-state index is 0.0553. The van der Waals surface area contributed by atoms with Crippen LogP contribution in [0.2, 0.25) is 0 Å². The van der Waals surface area contributed by atoms with Crippen molar-refractivity contribution in [2.24, 2.45) is 5.73 Å². The average Bonchev–Trinajstić information content (AvgIpc) is 3.07. The van der Waals surface area contributed by atoms with E-state index in [0.717, 1.165) is 32.1 Å². The van der Waals surface area contributed by atoms with E-state index in [-0.39, 0.29) is 38.6 Å². The Balaban J connectivity index is 4.14. The SMILES string of the molecule is CCCCCCCC/C=C/CCCCCCCCCC(=O)OC[C@@H](COP(=O)(O)OCCN)OC(=O)CCCCCCCCCCCC. The van der Waals surface area contributed by atoms with Gasteiger partial charge in [-0.15, -0.1) is 0 Å². The molecule has 48 heavy (non-hydrogen) atoms. The number of nitrogens with two attached hydrogens (primary N) is 1. The van der Waals surface area contributed by atoms with Gasteiger partial charge in [-0.2, -0.15) is 0 Å². The maximum Gasteiger partial charge on any atom is 0.472 e. The summed E-state index contributed by atoms with van der Waals surface area (Å²) in [5.74, 6) is -0.830. The van der Waals surface area contributed by atoms with Gasteiger partial charge in [-0.25, -0.2) is 4.57 Å². The summed E-state index contributed by atoms with van der Waals surface area (Å²) >= 11 is 0. The third-order valence-electron chi connectivity index (χ3n) is 8.40.